The number of nitrogens with one attached hydrogen (secondary N) is 1. The van der Waals surface area contributed by atoms with E-state index in [2.05, 4.69) is 5.32 Å². The number of carbonyl (C=O) groups excluding carboxylic acids is 2. The van der Waals surface area contributed by atoms with E-state index in [1.54, 1.807) is 20.8 Å². The fourth-order valence-corrected chi connectivity index (χ4v) is 1.95. The van der Waals surface area contributed by atoms with Crippen molar-refractivity contribution in [2.24, 2.45) is 0 Å². The lowest BCUT2D eigenvalue weighted by molar-refractivity contribution is -0.139. The zero-order valence-electron chi connectivity index (χ0n) is 14.0. The van der Waals surface area contributed by atoms with Crippen LogP contribution in [-0.4, -0.2) is 34.6 Å². The maximum absolute atomic E-state index is 12.8. The summed E-state index contributed by atoms with van der Waals surface area (Å²) in [7, 11) is 0. The molecule has 0 aliphatic rings. The fraction of sp³-hybridized carbons (Fsp3) is 0.471. The van der Waals surface area contributed by atoms with Crippen LogP contribution in [0.1, 0.15) is 50.4 Å². The van der Waals surface area contributed by atoms with E-state index in [1.807, 2.05) is 0 Å². The molecule has 6 nitrogen and oxygen atoms in total. The van der Waals surface area contributed by atoms with E-state index < -0.39 is 29.5 Å². The van der Waals surface area contributed by atoms with Gasteiger partial charge in [0.2, 0.25) is 0 Å². The first-order valence-electron chi connectivity index (χ1n) is 7.59. The molecule has 7 heteroatoms. The number of halogens is 1. The van der Waals surface area contributed by atoms with Crippen molar-refractivity contribution in [1.82, 2.24) is 5.32 Å². The van der Waals surface area contributed by atoms with E-state index >= 15 is 0 Å². The second-order valence-corrected chi connectivity index (χ2v) is 6.36. The Bertz CT molecular complexity index is 592. The Morgan fingerprint density at radius 2 is 1.79 bits per heavy atom. The third kappa shape index (κ3) is 7.21. The Balaban J connectivity index is 2.49. The summed E-state index contributed by atoms with van der Waals surface area (Å²) in [5, 5.41) is 11.4. The number of aliphatic carboxylic acids is 1. The summed E-state index contributed by atoms with van der Waals surface area (Å²) in [6.45, 7) is 5.01. The molecule has 0 aromatic heterocycles. The van der Waals surface area contributed by atoms with Gasteiger partial charge in [-0.3, -0.25) is 4.79 Å². The summed E-state index contributed by atoms with van der Waals surface area (Å²) in [4.78, 5) is 34.7. The van der Waals surface area contributed by atoms with Gasteiger partial charge in [0.1, 0.15) is 17.5 Å². The molecule has 0 heterocycles. The molecule has 0 unspecified atom stereocenters. The molecular formula is C17H22FNO5. The van der Waals surface area contributed by atoms with Gasteiger partial charge in [-0.2, -0.15) is 0 Å². The number of hydrogen-bond donors (Lipinski definition) is 2. The summed E-state index contributed by atoms with van der Waals surface area (Å²) >= 11 is 0. The van der Waals surface area contributed by atoms with Crippen LogP contribution in [0.25, 0.3) is 0 Å². The SMILES string of the molecule is CC(C)(C)OC(=O)N[C@H](CCCC(=O)c1ccc(F)cc1)C(=O)O. The Hall–Kier alpha value is -2.44. The van der Waals surface area contributed by atoms with E-state index in [1.165, 1.54) is 24.3 Å². The zero-order valence-corrected chi connectivity index (χ0v) is 14.0. The number of Topliss-reactive ketones (excluding diaryl/α,β-unsaturated/α-hetero) is 1. The van der Waals surface area contributed by atoms with Crippen LogP contribution in [-0.2, 0) is 9.53 Å². The largest absolute Gasteiger partial charge is 0.480 e. The Morgan fingerprint density at radius 3 is 2.29 bits per heavy atom. The predicted octanol–water partition coefficient (Wildman–Crippen LogP) is 3.16. The molecule has 0 aliphatic carbocycles. The summed E-state index contributed by atoms with van der Waals surface area (Å²) in [5.74, 6) is -1.84. The molecule has 2 N–H and O–H groups in total. The minimum Gasteiger partial charge on any atom is -0.480 e. The van der Waals surface area contributed by atoms with Crippen LogP contribution in [0, 0.1) is 5.82 Å². The fourth-order valence-electron chi connectivity index (χ4n) is 1.95. The van der Waals surface area contributed by atoms with Gasteiger partial charge in [-0.05, 0) is 57.9 Å². The second kappa shape index (κ2) is 8.42. The molecule has 0 saturated heterocycles. The first-order chi connectivity index (χ1) is 11.1. The van der Waals surface area contributed by atoms with Crippen LogP contribution < -0.4 is 5.32 Å². The van der Waals surface area contributed by atoms with Gasteiger partial charge in [-0.15, -0.1) is 0 Å². The van der Waals surface area contributed by atoms with Gasteiger partial charge in [0, 0.05) is 12.0 Å². The quantitative estimate of drug-likeness (QED) is 0.744. The summed E-state index contributed by atoms with van der Waals surface area (Å²) in [6.07, 6.45) is -0.365. The molecule has 0 bridgehead atoms. The monoisotopic (exact) mass is 339 g/mol. The maximum atomic E-state index is 12.8. The van der Waals surface area contributed by atoms with Crippen molar-refractivity contribution in [2.45, 2.75) is 51.7 Å². The van der Waals surface area contributed by atoms with Crippen molar-refractivity contribution in [3.8, 4) is 0 Å². The lowest BCUT2D eigenvalue weighted by atomic mass is 10.0. The molecule has 0 radical (unpaired) electrons. The lowest BCUT2D eigenvalue weighted by Gasteiger charge is -2.21. The molecule has 1 amide bonds. The molecule has 0 spiro atoms. The number of rotatable bonds is 7. The molecule has 0 fully saturated rings. The van der Waals surface area contributed by atoms with Crippen LogP contribution in [0.5, 0.6) is 0 Å². The molecule has 0 aliphatic heterocycles. The zero-order chi connectivity index (χ0) is 18.3. The minimum atomic E-state index is -1.20. The molecule has 1 aromatic rings. The van der Waals surface area contributed by atoms with Crippen molar-refractivity contribution >= 4 is 17.8 Å². The normalized spacial score (nSPS) is 12.3. The molecule has 1 aromatic carbocycles. The van der Waals surface area contributed by atoms with Crippen molar-refractivity contribution < 1.29 is 28.6 Å². The van der Waals surface area contributed by atoms with Gasteiger partial charge in [0.25, 0.3) is 0 Å². The Labute approximate surface area is 140 Å². The third-order valence-electron chi connectivity index (χ3n) is 3.05. The number of carboxylic acid groups (broad SMARTS) is 1. The lowest BCUT2D eigenvalue weighted by Crippen LogP contribution is -2.43. The molecular weight excluding hydrogens is 317 g/mol. The van der Waals surface area contributed by atoms with Gasteiger partial charge in [0.05, 0.1) is 0 Å². The van der Waals surface area contributed by atoms with Gasteiger partial charge in [-0.25, -0.2) is 14.0 Å². The third-order valence-corrected chi connectivity index (χ3v) is 3.05. The van der Waals surface area contributed by atoms with E-state index in [-0.39, 0.29) is 25.0 Å². The number of amides is 1. The Kier molecular flexibility index (Phi) is 6.88. The van der Waals surface area contributed by atoms with Gasteiger partial charge in [0.15, 0.2) is 5.78 Å². The number of carbonyl (C=O) groups is 3. The number of ketones is 1. The van der Waals surface area contributed by atoms with Crippen molar-refractivity contribution in [2.75, 3.05) is 0 Å². The van der Waals surface area contributed by atoms with Crippen LogP contribution in [0.4, 0.5) is 9.18 Å². The van der Waals surface area contributed by atoms with Crippen LogP contribution in [0.3, 0.4) is 0 Å². The first kappa shape index (κ1) is 19.6. The number of alkyl carbamates (subject to hydrolysis) is 1. The standard InChI is InChI=1S/C17H22FNO5/c1-17(2,3)24-16(23)19-13(15(21)22)5-4-6-14(20)11-7-9-12(18)10-8-11/h7-10,13H,4-6H2,1-3H3,(H,19,23)(H,21,22)/t13-/m1/s1. The van der Waals surface area contributed by atoms with E-state index in [0.717, 1.165) is 0 Å². The smallest absolute Gasteiger partial charge is 0.408 e. The van der Waals surface area contributed by atoms with Crippen LogP contribution >= 0.6 is 0 Å². The van der Waals surface area contributed by atoms with Gasteiger partial charge in [-0.1, -0.05) is 0 Å². The molecule has 0 saturated carbocycles. The highest BCUT2D eigenvalue weighted by atomic mass is 19.1. The number of hydrogen-bond acceptors (Lipinski definition) is 4. The van der Waals surface area contributed by atoms with E-state index in [4.69, 9.17) is 9.84 Å². The first-order valence-corrected chi connectivity index (χ1v) is 7.59. The molecule has 132 valence electrons. The minimum absolute atomic E-state index is 0.0848. The van der Waals surface area contributed by atoms with Crippen molar-refractivity contribution in [1.29, 1.82) is 0 Å². The number of carboxylic acids is 1. The maximum Gasteiger partial charge on any atom is 0.408 e. The summed E-state index contributed by atoms with van der Waals surface area (Å²) < 4.78 is 17.8. The van der Waals surface area contributed by atoms with Crippen LogP contribution in [0.2, 0.25) is 0 Å². The number of ether oxygens (including phenoxy) is 1. The van der Waals surface area contributed by atoms with Crippen LogP contribution in [0.15, 0.2) is 24.3 Å². The highest BCUT2D eigenvalue weighted by Gasteiger charge is 2.23. The average molecular weight is 339 g/mol. The summed E-state index contributed by atoms with van der Waals surface area (Å²) in [5.41, 5.74) is -0.366. The van der Waals surface area contributed by atoms with Gasteiger partial charge < -0.3 is 15.2 Å². The molecule has 1 atom stereocenters. The predicted molar refractivity (Wildman–Crippen MR) is 85.4 cm³/mol. The van der Waals surface area contributed by atoms with E-state index in [0.29, 0.717) is 5.56 Å². The highest BCUT2D eigenvalue weighted by Crippen LogP contribution is 2.11. The van der Waals surface area contributed by atoms with E-state index in [9.17, 15) is 18.8 Å². The highest BCUT2D eigenvalue weighted by molar-refractivity contribution is 5.96. The van der Waals surface area contributed by atoms with Crippen molar-refractivity contribution in [3.05, 3.63) is 35.6 Å². The molecule has 1 rings (SSSR count). The number of benzene rings is 1. The second-order valence-electron chi connectivity index (χ2n) is 6.36. The Morgan fingerprint density at radius 1 is 1.21 bits per heavy atom. The molecule has 24 heavy (non-hydrogen) atoms. The van der Waals surface area contributed by atoms with Crippen molar-refractivity contribution in [3.63, 3.8) is 0 Å². The topological polar surface area (TPSA) is 92.7 Å². The van der Waals surface area contributed by atoms with Gasteiger partial charge >= 0.3 is 12.1 Å². The summed E-state index contributed by atoms with van der Waals surface area (Å²) in [6, 6.07) is 4.01. The average Bonchev–Trinajstić information content (AvgIpc) is 2.44.